The smallest absolute Gasteiger partial charge is 0.241 e. The number of anilines is 1. The fourth-order valence-corrected chi connectivity index (χ4v) is 2.79. The molecule has 5 nitrogen and oxygen atoms in total. The molecule has 98 valence electrons. The van der Waals surface area contributed by atoms with Gasteiger partial charge in [-0.3, -0.25) is 15.1 Å². The average Bonchev–Trinajstić information content (AvgIpc) is 2.67. The number of amides is 1. The molecule has 1 aliphatic heterocycles. The van der Waals surface area contributed by atoms with Gasteiger partial charge in [-0.15, -0.1) is 0 Å². The largest absolute Gasteiger partial charge is 0.385 e. The summed E-state index contributed by atoms with van der Waals surface area (Å²) >= 11 is 1.30. The van der Waals surface area contributed by atoms with Crippen LogP contribution in [0.2, 0.25) is 0 Å². The van der Waals surface area contributed by atoms with Crippen LogP contribution in [0.5, 0.6) is 0 Å². The molecule has 1 unspecified atom stereocenters. The van der Waals surface area contributed by atoms with E-state index in [2.05, 4.69) is 11.4 Å². The molecule has 1 aromatic carbocycles. The van der Waals surface area contributed by atoms with E-state index in [1.165, 1.54) is 16.7 Å². The van der Waals surface area contributed by atoms with Crippen LogP contribution in [-0.4, -0.2) is 34.8 Å². The summed E-state index contributed by atoms with van der Waals surface area (Å²) in [7, 11) is 1.63. The van der Waals surface area contributed by atoms with E-state index in [1.807, 2.05) is 12.1 Å². The molecule has 0 radical (unpaired) electrons. The minimum atomic E-state index is -0.164. The number of nitriles is 1. The van der Waals surface area contributed by atoms with Crippen molar-refractivity contribution in [3.63, 3.8) is 0 Å². The van der Waals surface area contributed by atoms with Gasteiger partial charge in [0.05, 0.1) is 16.9 Å². The quantitative estimate of drug-likeness (QED) is 0.878. The first-order valence-corrected chi connectivity index (χ1v) is 6.76. The van der Waals surface area contributed by atoms with Gasteiger partial charge in [-0.2, -0.15) is 5.26 Å². The zero-order valence-electron chi connectivity index (χ0n) is 10.5. The number of nitrogens with one attached hydrogen (secondary N) is 2. The van der Waals surface area contributed by atoms with Gasteiger partial charge < -0.3 is 5.32 Å². The summed E-state index contributed by atoms with van der Waals surface area (Å²) in [5, 5.41) is 19.6. The predicted molar refractivity (Wildman–Crippen MR) is 76.1 cm³/mol. The van der Waals surface area contributed by atoms with Gasteiger partial charge in [0.15, 0.2) is 5.17 Å². The fourth-order valence-electron chi connectivity index (χ4n) is 1.77. The van der Waals surface area contributed by atoms with Gasteiger partial charge in [0.25, 0.3) is 0 Å². The van der Waals surface area contributed by atoms with Gasteiger partial charge >= 0.3 is 0 Å². The van der Waals surface area contributed by atoms with Crippen LogP contribution in [0.15, 0.2) is 24.3 Å². The minimum Gasteiger partial charge on any atom is -0.385 e. The van der Waals surface area contributed by atoms with Crippen molar-refractivity contribution in [1.82, 2.24) is 4.90 Å². The zero-order chi connectivity index (χ0) is 13.8. The summed E-state index contributed by atoms with van der Waals surface area (Å²) in [6.45, 7) is 0.663. The van der Waals surface area contributed by atoms with Crippen LogP contribution < -0.4 is 5.32 Å². The molecule has 1 amide bonds. The molecule has 1 fully saturated rings. The second-order valence-electron chi connectivity index (χ2n) is 4.21. The summed E-state index contributed by atoms with van der Waals surface area (Å²) in [6.07, 6.45) is 0.677. The molecule has 19 heavy (non-hydrogen) atoms. The standard InChI is InChI=1S/C13H14N4OS/c1-17-12(18)11(19-13(17)15)6-7-16-10-4-2-9(8-14)3-5-10/h2-5,11,15-16H,6-7H2,1H3. The van der Waals surface area contributed by atoms with Crippen molar-refractivity contribution in [2.75, 3.05) is 18.9 Å². The molecule has 1 saturated heterocycles. The van der Waals surface area contributed by atoms with E-state index in [0.29, 0.717) is 23.7 Å². The summed E-state index contributed by atoms with van der Waals surface area (Å²) in [4.78, 5) is 13.1. The van der Waals surface area contributed by atoms with E-state index in [4.69, 9.17) is 10.7 Å². The highest BCUT2D eigenvalue weighted by Gasteiger charge is 2.33. The van der Waals surface area contributed by atoms with Crippen LogP contribution in [0.4, 0.5) is 5.69 Å². The number of benzene rings is 1. The molecular formula is C13H14N4OS. The number of nitrogens with zero attached hydrogens (tertiary/aromatic N) is 2. The molecule has 2 rings (SSSR count). The molecule has 2 N–H and O–H groups in total. The first kappa shape index (κ1) is 13.4. The van der Waals surface area contributed by atoms with E-state index in [-0.39, 0.29) is 11.2 Å². The van der Waals surface area contributed by atoms with Crippen molar-refractivity contribution in [2.45, 2.75) is 11.7 Å². The Bertz CT molecular complexity index is 535. The number of carbonyl (C=O) groups excluding carboxylic acids is 1. The SMILES string of the molecule is CN1C(=N)SC(CCNc2ccc(C#N)cc2)C1=O. The monoisotopic (exact) mass is 274 g/mol. The lowest BCUT2D eigenvalue weighted by Crippen LogP contribution is -2.28. The lowest BCUT2D eigenvalue weighted by Gasteiger charge is -2.09. The zero-order valence-corrected chi connectivity index (χ0v) is 11.3. The van der Waals surface area contributed by atoms with Crippen molar-refractivity contribution in [3.05, 3.63) is 29.8 Å². The van der Waals surface area contributed by atoms with Gasteiger partial charge in [-0.1, -0.05) is 11.8 Å². The maximum Gasteiger partial charge on any atom is 0.241 e. The van der Waals surface area contributed by atoms with Gasteiger partial charge in [-0.25, -0.2) is 0 Å². The van der Waals surface area contributed by atoms with E-state index >= 15 is 0 Å². The lowest BCUT2D eigenvalue weighted by molar-refractivity contribution is -0.125. The molecule has 0 saturated carbocycles. The molecule has 0 bridgehead atoms. The molecular weight excluding hydrogens is 260 g/mol. The van der Waals surface area contributed by atoms with Crippen LogP contribution in [0.25, 0.3) is 0 Å². The van der Waals surface area contributed by atoms with Crippen LogP contribution in [0.1, 0.15) is 12.0 Å². The Morgan fingerprint density at radius 1 is 1.47 bits per heavy atom. The lowest BCUT2D eigenvalue weighted by atomic mass is 10.2. The third kappa shape index (κ3) is 3.06. The Kier molecular flexibility index (Phi) is 4.07. The predicted octanol–water partition coefficient (Wildman–Crippen LogP) is 1.87. The second-order valence-corrected chi connectivity index (χ2v) is 5.40. The molecule has 6 heteroatoms. The molecule has 0 aliphatic carbocycles. The molecule has 0 aromatic heterocycles. The molecule has 1 aliphatic rings. The maximum atomic E-state index is 11.7. The first-order chi connectivity index (χ1) is 9.11. The number of amidine groups is 1. The second kappa shape index (κ2) is 5.76. The fraction of sp³-hybridized carbons (Fsp3) is 0.308. The average molecular weight is 274 g/mol. The van der Waals surface area contributed by atoms with Crippen LogP contribution in [0.3, 0.4) is 0 Å². The highest BCUT2D eigenvalue weighted by molar-refractivity contribution is 8.15. The first-order valence-electron chi connectivity index (χ1n) is 5.88. The van der Waals surface area contributed by atoms with Crippen LogP contribution in [0, 0.1) is 16.7 Å². The number of hydrogen-bond donors (Lipinski definition) is 2. The van der Waals surface area contributed by atoms with Crippen molar-refractivity contribution in [3.8, 4) is 6.07 Å². The van der Waals surface area contributed by atoms with Crippen LogP contribution >= 0.6 is 11.8 Å². The summed E-state index contributed by atoms with van der Waals surface area (Å²) in [6, 6.07) is 9.26. The molecule has 1 heterocycles. The normalized spacial score (nSPS) is 18.5. The van der Waals surface area contributed by atoms with E-state index in [0.717, 1.165) is 5.69 Å². The van der Waals surface area contributed by atoms with E-state index in [1.54, 1.807) is 19.2 Å². The Hall–Kier alpha value is -2.00. The third-order valence-electron chi connectivity index (χ3n) is 2.91. The van der Waals surface area contributed by atoms with Gasteiger partial charge in [-0.05, 0) is 30.7 Å². The number of hydrogen-bond acceptors (Lipinski definition) is 5. The topological polar surface area (TPSA) is 80.0 Å². The summed E-state index contributed by atoms with van der Waals surface area (Å²) < 4.78 is 0. The number of carbonyl (C=O) groups is 1. The van der Waals surface area contributed by atoms with Gasteiger partial charge in [0.2, 0.25) is 5.91 Å². The molecule has 1 aromatic rings. The molecule has 1 atom stereocenters. The van der Waals surface area contributed by atoms with E-state index in [9.17, 15) is 4.79 Å². The van der Waals surface area contributed by atoms with Gasteiger partial charge in [0, 0.05) is 19.3 Å². The minimum absolute atomic E-state index is 0.00312. The number of thioether (sulfide) groups is 1. The summed E-state index contributed by atoms with van der Waals surface area (Å²) in [5.41, 5.74) is 1.56. The maximum absolute atomic E-state index is 11.7. The Morgan fingerprint density at radius 3 is 2.68 bits per heavy atom. The van der Waals surface area contributed by atoms with Crippen molar-refractivity contribution < 1.29 is 4.79 Å². The van der Waals surface area contributed by atoms with Crippen molar-refractivity contribution >= 4 is 28.5 Å². The Balaban J connectivity index is 1.82. The summed E-state index contributed by atoms with van der Waals surface area (Å²) in [5.74, 6) is -0.00312. The van der Waals surface area contributed by atoms with Crippen LogP contribution in [-0.2, 0) is 4.79 Å². The van der Waals surface area contributed by atoms with Crippen molar-refractivity contribution in [2.24, 2.45) is 0 Å². The highest BCUT2D eigenvalue weighted by atomic mass is 32.2. The van der Waals surface area contributed by atoms with Gasteiger partial charge in [0.1, 0.15) is 0 Å². The molecule has 0 spiro atoms. The Labute approximate surface area is 116 Å². The van der Waals surface area contributed by atoms with E-state index < -0.39 is 0 Å². The van der Waals surface area contributed by atoms with Crippen molar-refractivity contribution in [1.29, 1.82) is 10.7 Å². The highest BCUT2D eigenvalue weighted by Crippen LogP contribution is 2.27. The number of rotatable bonds is 4. The third-order valence-corrected chi connectivity index (χ3v) is 4.13. The Morgan fingerprint density at radius 2 is 2.16 bits per heavy atom.